The molecule has 0 bridgehead atoms. The van der Waals surface area contributed by atoms with Gasteiger partial charge in [-0.1, -0.05) is 31.2 Å². The number of benzene rings is 1. The van der Waals surface area contributed by atoms with Crippen LogP contribution in [0.25, 0.3) is 0 Å². The van der Waals surface area contributed by atoms with Crippen LogP contribution >= 0.6 is 0 Å². The quantitative estimate of drug-likeness (QED) is 0.786. The first-order valence-electron chi connectivity index (χ1n) is 6.79. The van der Waals surface area contributed by atoms with E-state index >= 15 is 0 Å². The van der Waals surface area contributed by atoms with E-state index < -0.39 is 6.04 Å². The maximum absolute atomic E-state index is 12.2. The van der Waals surface area contributed by atoms with Gasteiger partial charge in [0.25, 0.3) is 11.8 Å². The van der Waals surface area contributed by atoms with Crippen LogP contribution in [-0.4, -0.2) is 22.5 Å². The molecule has 4 nitrogen and oxygen atoms in total. The topological polar surface area (TPSA) is 54.5 Å². The number of carbonyl (C=O) groups excluding carboxylic acids is 3. The number of imide groups is 1. The van der Waals surface area contributed by atoms with Crippen molar-refractivity contribution in [2.24, 2.45) is 5.92 Å². The van der Waals surface area contributed by atoms with Gasteiger partial charge in [0, 0.05) is 24.5 Å². The summed E-state index contributed by atoms with van der Waals surface area (Å²) >= 11 is 0. The van der Waals surface area contributed by atoms with E-state index in [0.717, 1.165) is 11.1 Å². The maximum Gasteiger partial charge on any atom is 0.254 e. The smallest absolute Gasteiger partial charge is 0.254 e. The van der Waals surface area contributed by atoms with E-state index in [-0.39, 0.29) is 23.5 Å². The van der Waals surface area contributed by atoms with Gasteiger partial charge in [0.1, 0.15) is 5.78 Å². The summed E-state index contributed by atoms with van der Waals surface area (Å²) in [6.45, 7) is 1.81. The summed E-state index contributed by atoms with van der Waals surface area (Å²) in [5.74, 6) is -0.875. The van der Waals surface area contributed by atoms with E-state index in [1.54, 1.807) is 0 Å². The first-order valence-corrected chi connectivity index (χ1v) is 6.79. The van der Waals surface area contributed by atoms with Crippen LogP contribution < -0.4 is 0 Å². The second-order valence-electron chi connectivity index (χ2n) is 5.15. The second-order valence-corrected chi connectivity index (χ2v) is 5.15. The Morgan fingerprint density at radius 3 is 2.50 bits per heavy atom. The number of rotatable bonds is 3. The van der Waals surface area contributed by atoms with Crippen LogP contribution in [0.3, 0.4) is 0 Å². The second kappa shape index (κ2) is 4.71. The predicted molar refractivity (Wildman–Crippen MR) is 72.7 cm³/mol. The van der Waals surface area contributed by atoms with Crippen molar-refractivity contribution in [3.63, 3.8) is 0 Å². The minimum Gasteiger partial charge on any atom is -0.299 e. The Labute approximate surface area is 117 Å². The number of hydrogen-bond donors (Lipinski definition) is 0. The van der Waals surface area contributed by atoms with Crippen molar-refractivity contribution in [2.45, 2.75) is 25.8 Å². The van der Waals surface area contributed by atoms with Crippen molar-refractivity contribution in [1.29, 1.82) is 0 Å². The summed E-state index contributed by atoms with van der Waals surface area (Å²) < 4.78 is 0. The molecule has 4 heteroatoms. The molecular formula is C16H15NO3. The molecule has 0 saturated carbocycles. The molecular weight excluding hydrogens is 254 g/mol. The largest absolute Gasteiger partial charge is 0.299 e. The Morgan fingerprint density at radius 2 is 1.85 bits per heavy atom. The molecule has 1 aromatic carbocycles. The molecule has 1 heterocycles. The molecule has 0 fully saturated rings. The minimum absolute atomic E-state index is 0.0960. The highest BCUT2D eigenvalue weighted by Gasteiger charge is 2.44. The third-order valence-corrected chi connectivity index (χ3v) is 4.08. The fraction of sp³-hybridized carbons (Fsp3) is 0.312. The molecule has 102 valence electrons. The van der Waals surface area contributed by atoms with Crippen molar-refractivity contribution in [3.05, 3.63) is 47.5 Å². The number of hydrogen-bond acceptors (Lipinski definition) is 3. The van der Waals surface area contributed by atoms with Crippen molar-refractivity contribution >= 4 is 17.6 Å². The van der Waals surface area contributed by atoms with Gasteiger partial charge in [-0.2, -0.15) is 0 Å². The van der Waals surface area contributed by atoms with Crippen molar-refractivity contribution in [2.75, 3.05) is 0 Å². The van der Waals surface area contributed by atoms with Gasteiger partial charge in [0.15, 0.2) is 0 Å². The van der Waals surface area contributed by atoms with E-state index in [0.29, 0.717) is 12.8 Å². The molecule has 1 aliphatic heterocycles. The van der Waals surface area contributed by atoms with Gasteiger partial charge < -0.3 is 0 Å². The highest BCUT2D eigenvalue weighted by Crippen LogP contribution is 2.42. The summed E-state index contributed by atoms with van der Waals surface area (Å²) in [5, 5.41) is 0. The number of amides is 2. The summed E-state index contributed by atoms with van der Waals surface area (Å²) in [4.78, 5) is 37.3. The highest BCUT2D eigenvalue weighted by atomic mass is 16.2. The lowest BCUT2D eigenvalue weighted by Gasteiger charge is -2.27. The van der Waals surface area contributed by atoms with Crippen LogP contribution in [0.5, 0.6) is 0 Å². The third kappa shape index (κ3) is 1.80. The van der Waals surface area contributed by atoms with E-state index in [1.165, 1.54) is 17.1 Å². The van der Waals surface area contributed by atoms with Gasteiger partial charge in [-0.05, 0) is 17.5 Å². The maximum atomic E-state index is 12.2. The normalized spacial score (nSPS) is 24.4. The molecule has 1 aromatic rings. The Morgan fingerprint density at radius 1 is 1.20 bits per heavy atom. The zero-order valence-corrected chi connectivity index (χ0v) is 11.2. The average molecular weight is 269 g/mol. The molecule has 0 saturated heterocycles. The first-order chi connectivity index (χ1) is 9.63. The van der Waals surface area contributed by atoms with E-state index in [2.05, 4.69) is 0 Å². The van der Waals surface area contributed by atoms with Gasteiger partial charge >= 0.3 is 0 Å². The SMILES string of the molecule is CCC(=O)[C@H]1Cc2ccccc2[C@H]1N1C(=O)C=CC1=O. The van der Waals surface area contributed by atoms with Crippen molar-refractivity contribution in [1.82, 2.24) is 4.90 Å². The summed E-state index contributed by atoms with van der Waals surface area (Å²) in [5.41, 5.74) is 1.97. The van der Waals surface area contributed by atoms with E-state index in [9.17, 15) is 14.4 Å². The van der Waals surface area contributed by atoms with Crippen LogP contribution in [0.4, 0.5) is 0 Å². The molecule has 2 aliphatic rings. The summed E-state index contributed by atoms with van der Waals surface area (Å²) in [6.07, 6.45) is 3.57. The Hall–Kier alpha value is -2.23. The zero-order chi connectivity index (χ0) is 14.3. The summed E-state index contributed by atoms with van der Waals surface area (Å²) in [7, 11) is 0. The van der Waals surface area contributed by atoms with Crippen LogP contribution in [0, 0.1) is 5.92 Å². The lowest BCUT2D eigenvalue weighted by molar-refractivity contribution is -0.142. The fourth-order valence-electron chi connectivity index (χ4n) is 3.13. The number of fused-ring (bicyclic) bond motifs is 1. The molecule has 3 rings (SSSR count). The van der Waals surface area contributed by atoms with Gasteiger partial charge in [-0.15, -0.1) is 0 Å². The Kier molecular flexibility index (Phi) is 3.01. The lowest BCUT2D eigenvalue weighted by atomic mass is 9.93. The number of nitrogens with zero attached hydrogens (tertiary/aromatic N) is 1. The molecule has 0 N–H and O–H groups in total. The molecule has 0 radical (unpaired) electrons. The third-order valence-electron chi connectivity index (χ3n) is 4.08. The number of ketones is 1. The Bertz CT molecular complexity index is 614. The number of carbonyl (C=O) groups is 3. The fourth-order valence-corrected chi connectivity index (χ4v) is 3.13. The molecule has 2 amide bonds. The van der Waals surface area contributed by atoms with Crippen LogP contribution in [0.2, 0.25) is 0 Å². The Balaban J connectivity index is 2.06. The molecule has 2 atom stereocenters. The van der Waals surface area contributed by atoms with Crippen molar-refractivity contribution in [3.8, 4) is 0 Å². The van der Waals surface area contributed by atoms with Gasteiger partial charge in [-0.3, -0.25) is 19.3 Å². The molecule has 0 spiro atoms. The monoisotopic (exact) mass is 269 g/mol. The number of Topliss-reactive ketones (excluding diaryl/α,β-unsaturated/α-hetero) is 1. The zero-order valence-electron chi connectivity index (χ0n) is 11.2. The average Bonchev–Trinajstić information content (AvgIpc) is 2.98. The van der Waals surface area contributed by atoms with E-state index in [4.69, 9.17) is 0 Å². The first kappa shape index (κ1) is 12.8. The van der Waals surface area contributed by atoms with Crippen LogP contribution in [0.15, 0.2) is 36.4 Å². The lowest BCUT2D eigenvalue weighted by Crippen LogP contribution is -2.38. The molecule has 20 heavy (non-hydrogen) atoms. The summed E-state index contributed by atoms with van der Waals surface area (Å²) in [6, 6.07) is 7.21. The van der Waals surface area contributed by atoms with Gasteiger partial charge in [-0.25, -0.2) is 0 Å². The van der Waals surface area contributed by atoms with Gasteiger partial charge in [0.2, 0.25) is 0 Å². The highest BCUT2D eigenvalue weighted by molar-refractivity contribution is 6.13. The predicted octanol–water partition coefficient (Wildman–Crippen LogP) is 1.80. The molecule has 0 aromatic heterocycles. The van der Waals surface area contributed by atoms with E-state index in [1.807, 2.05) is 31.2 Å². The van der Waals surface area contributed by atoms with Crippen LogP contribution in [0.1, 0.15) is 30.5 Å². The molecule has 1 aliphatic carbocycles. The minimum atomic E-state index is -0.450. The molecule has 0 unspecified atom stereocenters. The van der Waals surface area contributed by atoms with Gasteiger partial charge in [0.05, 0.1) is 6.04 Å². The van der Waals surface area contributed by atoms with Crippen LogP contribution in [-0.2, 0) is 20.8 Å². The standard InChI is InChI=1S/C16H15NO3/c1-2-13(18)12-9-10-5-3-4-6-11(10)16(12)17-14(19)7-8-15(17)20/h3-8,12,16H,2,9H2,1H3/t12-,16-/m1/s1. The van der Waals surface area contributed by atoms with Crippen molar-refractivity contribution < 1.29 is 14.4 Å².